The number of anilines is 2. The number of hydrogen-bond donors (Lipinski definition) is 2. The van der Waals surface area contributed by atoms with Gasteiger partial charge in [0, 0.05) is 55.9 Å². The van der Waals surface area contributed by atoms with Crippen LogP contribution in [-0.4, -0.2) is 61.6 Å². The highest BCUT2D eigenvalue weighted by molar-refractivity contribution is 7.89. The Balaban J connectivity index is 1.28. The van der Waals surface area contributed by atoms with E-state index in [0.29, 0.717) is 38.2 Å². The summed E-state index contributed by atoms with van der Waals surface area (Å²) in [5.74, 6) is -1.58. The second kappa shape index (κ2) is 11.4. The summed E-state index contributed by atoms with van der Waals surface area (Å²) in [6.45, 7) is 5.31. The minimum atomic E-state index is -3.59. The molecular weight excluding hydrogens is 494 g/mol. The first-order valence-corrected chi connectivity index (χ1v) is 14.0. The van der Waals surface area contributed by atoms with Gasteiger partial charge in [0.05, 0.1) is 0 Å². The second-order valence-electron chi connectivity index (χ2n) is 9.79. The van der Waals surface area contributed by atoms with Crippen LogP contribution in [0.15, 0.2) is 47.6 Å². The zero-order chi connectivity index (χ0) is 26.6. The lowest BCUT2D eigenvalue weighted by molar-refractivity contribution is -0.136. The summed E-state index contributed by atoms with van der Waals surface area (Å²) in [7, 11) is -3.59. The van der Waals surface area contributed by atoms with Crippen molar-refractivity contribution in [2.45, 2.75) is 44.4 Å². The van der Waals surface area contributed by atoms with Gasteiger partial charge in [0.1, 0.15) is 4.90 Å². The molecule has 198 valence electrons. The zero-order valence-electron chi connectivity index (χ0n) is 21.1. The Morgan fingerprint density at radius 2 is 1.84 bits per heavy atom. The van der Waals surface area contributed by atoms with Crippen molar-refractivity contribution >= 4 is 39.1 Å². The summed E-state index contributed by atoms with van der Waals surface area (Å²) in [5.41, 5.74) is 2.27. The molecule has 3 amide bonds. The van der Waals surface area contributed by atoms with E-state index in [1.54, 1.807) is 23.1 Å². The lowest BCUT2D eigenvalue weighted by atomic mass is 9.98. The summed E-state index contributed by atoms with van der Waals surface area (Å²) in [6, 6.07) is 8.49. The van der Waals surface area contributed by atoms with Crippen LogP contribution in [0.1, 0.15) is 38.7 Å². The molecule has 2 aromatic rings. The molecule has 3 heterocycles. The number of hydrogen-bond acceptors (Lipinski definition) is 6. The standard InChI is InChI=1S/C26H33N5O5S/c1-18(2)26(34)31-12-4-5-20-7-8-21(15-23(20)31)29-25(33)24(32)28-16-19-9-13-30(14-10-19)37(35,36)22-6-3-11-27-17-22/h3,6-8,11,15,17-19H,4-5,9-10,12-14,16H2,1-2H3,(H,28,32)(H,29,33). The number of fused-ring (bicyclic) bond motifs is 1. The van der Waals surface area contributed by atoms with Gasteiger partial charge in [-0.15, -0.1) is 0 Å². The van der Waals surface area contributed by atoms with Gasteiger partial charge < -0.3 is 15.5 Å². The van der Waals surface area contributed by atoms with Crippen molar-refractivity contribution in [1.29, 1.82) is 0 Å². The molecule has 2 N–H and O–H groups in total. The van der Waals surface area contributed by atoms with E-state index < -0.39 is 21.8 Å². The molecule has 1 aromatic heterocycles. The molecule has 11 heteroatoms. The van der Waals surface area contributed by atoms with E-state index in [1.165, 1.54) is 22.8 Å². The number of benzene rings is 1. The molecule has 0 saturated carbocycles. The Bertz CT molecular complexity index is 1260. The second-order valence-corrected chi connectivity index (χ2v) is 11.7. The first kappa shape index (κ1) is 26.7. The quantitative estimate of drug-likeness (QED) is 0.554. The van der Waals surface area contributed by atoms with Gasteiger partial charge in [0.25, 0.3) is 0 Å². The zero-order valence-corrected chi connectivity index (χ0v) is 22.0. The van der Waals surface area contributed by atoms with Crippen LogP contribution in [0.4, 0.5) is 11.4 Å². The van der Waals surface area contributed by atoms with Crippen LogP contribution in [0.5, 0.6) is 0 Å². The van der Waals surface area contributed by atoms with E-state index in [9.17, 15) is 22.8 Å². The van der Waals surface area contributed by atoms with Crippen LogP contribution in [-0.2, 0) is 30.8 Å². The number of nitrogens with one attached hydrogen (secondary N) is 2. The van der Waals surface area contributed by atoms with Crippen LogP contribution in [0.3, 0.4) is 0 Å². The molecule has 37 heavy (non-hydrogen) atoms. The summed E-state index contributed by atoms with van der Waals surface area (Å²) in [5, 5.41) is 5.30. The van der Waals surface area contributed by atoms with Gasteiger partial charge >= 0.3 is 11.8 Å². The maximum absolute atomic E-state index is 12.7. The third-order valence-electron chi connectivity index (χ3n) is 6.82. The highest BCUT2D eigenvalue weighted by Crippen LogP contribution is 2.31. The Morgan fingerprint density at radius 3 is 2.51 bits per heavy atom. The number of sulfonamides is 1. The third-order valence-corrected chi connectivity index (χ3v) is 8.71. The molecule has 0 atom stereocenters. The summed E-state index contributed by atoms with van der Waals surface area (Å²) in [4.78, 5) is 43.4. The van der Waals surface area contributed by atoms with Crippen molar-refractivity contribution < 1.29 is 22.8 Å². The fourth-order valence-electron chi connectivity index (χ4n) is 4.70. The first-order chi connectivity index (χ1) is 17.7. The van der Waals surface area contributed by atoms with Gasteiger partial charge in [-0.1, -0.05) is 19.9 Å². The van der Waals surface area contributed by atoms with E-state index in [2.05, 4.69) is 15.6 Å². The van der Waals surface area contributed by atoms with Crippen LogP contribution < -0.4 is 15.5 Å². The highest BCUT2D eigenvalue weighted by atomic mass is 32.2. The Hall–Kier alpha value is -3.31. The fraction of sp³-hybridized carbons (Fsp3) is 0.462. The van der Waals surface area contributed by atoms with E-state index in [4.69, 9.17) is 0 Å². The number of pyridine rings is 1. The lowest BCUT2D eigenvalue weighted by Crippen LogP contribution is -2.43. The van der Waals surface area contributed by atoms with Crippen molar-refractivity contribution in [2.24, 2.45) is 11.8 Å². The molecular formula is C26H33N5O5S. The van der Waals surface area contributed by atoms with Gasteiger partial charge in [-0.3, -0.25) is 19.4 Å². The smallest absolute Gasteiger partial charge is 0.313 e. The van der Waals surface area contributed by atoms with Crippen LogP contribution in [0.25, 0.3) is 0 Å². The van der Waals surface area contributed by atoms with Crippen molar-refractivity contribution in [3.8, 4) is 0 Å². The predicted molar refractivity (Wildman–Crippen MR) is 139 cm³/mol. The van der Waals surface area contributed by atoms with Crippen LogP contribution in [0.2, 0.25) is 0 Å². The van der Waals surface area contributed by atoms with Crippen molar-refractivity contribution in [1.82, 2.24) is 14.6 Å². The topological polar surface area (TPSA) is 129 Å². The first-order valence-electron chi connectivity index (χ1n) is 12.6. The summed E-state index contributed by atoms with van der Waals surface area (Å²) in [6.07, 6.45) is 5.75. The van der Waals surface area contributed by atoms with E-state index in [-0.39, 0.29) is 29.2 Å². The highest BCUT2D eigenvalue weighted by Gasteiger charge is 2.30. The van der Waals surface area contributed by atoms with E-state index >= 15 is 0 Å². The fourth-order valence-corrected chi connectivity index (χ4v) is 6.13. The van der Waals surface area contributed by atoms with E-state index in [0.717, 1.165) is 24.1 Å². The van der Waals surface area contributed by atoms with Crippen LogP contribution >= 0.6 is 0 Å². The monoisotopic (exact) mass is 527 g/mol. The van der Waals surface area contributed by atoms with Crippen molar-refractivity contribution in [3.63, 3.8) is 0 Å². The average Bonchev–Trinajstić information content (AvgIpc) is 2.91. The average molecular weight is 528 g/mol. The molecule has 0 unspecified atom stereocenters. The maximum Gasteiger partial charge on any atom is 0.313 e. The van der Waals surface area contributed by atoms with Gasteiger partial charge in [-0.2, -0.15) is 4.31 Å². The predicted octanol–water partition coefficient (Wildman–Crippen LogP) is 2.17. The Kier molecular flexibility index (Phi) is 8.23. The number of aromatic nitrogens is 1. The molecule has 0 radical (unpaired) electrons. The largest absolute Gasteiger partial charge is 0.348 e. The third kappa shape index (κ3) is 6.16. The molecule has 2 aliphatic rings. The summed E-state index contributed by atoms with van der Waals surface area (Å²) >= 11 is 0. The number of aryl methyl sites for hydroxylation is 1. The number of piperidine rings is 1. The molecule has 10 nitrogen and oxygen atoms in total. The Labute approximate surface area is 217 Å². The molecule has 2 aliphatic heterocycles. The molecule has 1 saturated heterocycles. The van der Waals surface area contributed by atoms with Gasteiger partial charge in [0.2, 0.25) is 15.9 Å². The van der Waals surface area contributed by atoms with Gasteiger partial charge in [-0.05, 0) is 61.4 Å². The minimum Gasteiger partial charge on any atom is -0.348 e. The molecule has 0 aliphatic carbocycles. The lowest BCUT2D eigenvalue weighted by Gasteiger charge is -2.31. The SMILES string of the molecule is CC(C)C(=O)N1CCCc2ccc(NC(=O)C(=O)NCC3CCN(S(=O)(=O)c4cccnc4)CC3)cc21. The number of rotatable bonds is 6. The molecule has 0 bridgehead atoms. The van der Waals surface area contributed by atoms with Crippen molar-refractivity contribution in [3.05, 3.63) is 48.3 Å². The van der Waals surface area contributed by atoms with Gasteiger partial charge in [0.15, 0.2) is 0 Å². The molecule has 0 spiro atoms. The number of carbonyl (C=O) groups excluding carboxylic acids is 3. The maximum atomic E-state index is 12.7. The minimum absolute atomic E-state index is 0.0291. The van der Waals surface area contributed by atoms with Crippen molar-refractivity contribution in [2.75, 3.05) is 36.4 Å². The molecule has 4 rings (SSSR count). The number of carbonyl (C=O) groups is 3. The normalized spacial score (nSPS) is 16.8. The number of amides is 3. The summed E-state index contributed by atoms with van der Waals surface area (Å²) < 4.78 is 26.9. The Morgan fingerprint density at radius 1 is 1.08 bits per heavy atom. The molecule has 1 aromatic carbocycles. The number of nitrogens with zero attached hydrogens (tertiary/aromatic N) is 3. The van der Waals surface area contributed by atoms with Gasteiger partial charge in [-0.25, -0.2) is 8.42 Å². The van der Waals surface area contributed by atoms with Crippen LogP contribution in [0, 0.1) is 11.8 Å². The molecule has 1 fully saturated rings. The van der Waals surface area contributed by atoms with E-state index in [1.807, 2.05) is 19.9 Å².